The molecule has 3 heterocycles. The molecular weight excluding hydrogens is 494 g/mol. The number of nitrogens with zero attached hydrogens (tertiary/aromatic N) is 4. The molecule has 1 N–H and O–H groups in total. The van der Waals surface area contributed by atoms with Gasteiger partial charge in [0.05, 0.1) is 34.1 Å². The van der Waals surface area contributed by atoms with E-state index in [1.54, 1.807) is 18.4 Å². The van der Waals surface area contributed by atoms with Crippen LogP contribution in [0.1, 0.15) is 10.4 Å². The smallest absolute Gasteiger partial charge is 0.252 e. The van der Waals surface area contributed by atoms with E-state index in [2.05, 4.69) is 15.1 Å². The minimum atomic E-state index is -0.0654. The monoisotopic (exact) mass is 523 g/mol. The highest BCUT2D eigenvalue weighted by atomic mass is 32.1. The van der Waals surface area contributed by atoms with Gasteiger partial charge in [-0.3, -0.25) is 9.69 Å². The first kappa shape index (κ1) is 24.3. The standard InChI is InChI=1S/C30H29N5O2S/c1-37-22-11-12-26-28(19-22)38-30(33-26)35-17-15-34(16-18-35)14-13-31-29(36)24-20-27(21-7-3-2-4-8-21)32-25-10-6-5-9-23(24)25/h2-12,19-20H,13-18H2,1H3,(H,31,36). The van der Waals surface area contributed by atoms with Crippen LogP contribution in [0.25, 0.3) is 32.4 Å². The second-order valence-electron chi connectivity index (χ2n) is 9.35. The molecule has 0 aliphatic carbocycles. The fourth-order valence-electron chi connectivity index (χ4n) is 4.86. The molecule has 3 aromatic carbocycles. The van der Waals surface area contributed by atoms with E-state index in [4.69, 9.17) is 14.7 Å². The largest absolute Gasteiger partial charge is 0.497 e. The van der Waals surface area contributed by atoms with Crippen molar-refractivity contribution in [2.45, 2.75) is 0 Å². The molecule has 0 spiro atoms. The van der Waals surface area contributed by atoms with Gasteiger partial charge in [0.1, 0.15) is 5.75 Å². The molecule has 1 aliphatic heterocycles. The van der Waals surface area contributed by atoms with Crippen LogP contribution in [0.4, 0.5) is 5.13 Å². The second kappa shape index (κ2) is 10.8. The molecule has 5 aromatic rings. The van der Waals surface area contributed by atoms with Gasteiger partial charge in [-0.1, -0.05) is 59.9 Å². The highest BCUT2D eigenvalue weighted by Crippen LogP contribution is 2.32. The zero-order valence-corrected chi connectivity index (χ0v) is 22.1. The highest BCUT2D eigenvalue weighted by Gasteiger charge is 2.20. The Kier molecular flexibility index (Phi) is 6.90. The molecule has 192 valence electrons. The number of anilines is 1. The summed E-state index contributed by atoms with van der Waals surface area (Å²) in [4.78, 5) is 27.6. The van der Waals surface area contributed by atoms with Gasteiger partial charge in [-0.15, -0.1) is 0 Å². The average Bonchev–Trinajstić information content (AvgIpc) is 3.41. The van der Waals surface area contributed by atoms with E-state index in [1.807, 2.05) is 78.9 Å². The second-order valence-corrected chi connectivity index (χ2v) is 10.4. The van der Waals surface area contributed by atoms with Crippen molar-refractivity contribution in [3.8, 4) is 17.0 Å². The molecule has 6 rings (SSSR count). The molecule has 1 fully saturated rings. The van der Waals surface area contributed by atoms with E-state index < -0.39 is 0 Å². The van der Waals surface area contributed by atoms with Crippen LogP contribution in [0.2, 0.25) is 0 Å². The number of piperazine rings is 1. The number of benzene rings is 3. The van der Waals surface area contributed by atoms with Gasteiger partial charge in [0, 0.05) is 50.2 Å². The van der Waals surface area contributed by atoms with Gasteiger partial charge in [-0.2, -0.15) is 0 Å². The summed E-state index contributed by atoms with van der Waals surface area (Å²) >= 11 is 1.71. The van der Waals surface area contributed by atoms with Crippen LogP contribution in [0.5, 0.6) is 5.75 Å². The molecule has 1 amide bonds. The zero-order chi connectivity index (χ0) is 25.9. The molecule has 2 aromatic heterocycles. The number of rotatable bonds is 7. The van der Waals surface area contributed by atoms with E-state index in [1.165, 1.54) is 0 Å². The van der Waals surface area contributed by atoms with Crippen molar-refractivity contribution in [1.29, 1.82) is 0 Å². The Bertz CT molecular complexity index is 1580. The van der Waals surface area contributed by atoms with E-state index in [-0.39, 0.29) is 5.91 Å². The number of amides is 1. The van der Waals surface area contributed by atoms with Crippen LogP contribution in [0.3, 0.4) is 0 Å². The lowest BCUT2D eigenvalue weighted by Gasteiger charge is -2.34. The predicted molar refractivity (Wildman–Crippen MR) is 154 cm³/mol. The van der Waals surface area contributed by atoms with Crippen molar-refractivity contribution in [1.82, 2.24) is 20.2 Å². The molecule has 0 radical (unpaired) electrons. The normalized spacial score (nSPS) is 14.2. The minimum Gasteiger partial charge on any atom is -0.497 e. The number of hydrogen-bond acceptors (Lipinski definition) is 7. The fraction of sp³-hybridized carbons (Fsp3) is 0.233. The zero-order valence-electron chi connectivity index (χ0n) is 21.3. The van der Waals surface area contributed by atoms with E-state index >= 15 is 0 Å². The van der Waals surface area contributed by atoms with Crippen molar-refractivity contribution < 1.29 is 9.53 Å². The van der Waals surface area contributed by atoms with Gasteiger partial charge in [0.25, 0.3) is 5.91 Å². The number of fused-ring (bicyclic) bond motifs is 2. The van der Waals surface area contributed by atoms with Gasteiger partial charge in [-0.05, 0) is 30.3 Å². The number of para-hydroxylation sites is 1. The SMILES string of the molecule is COc1ccc2nc(N3CCN(CCNC(=O)c4cc(-c5ccccc5)nc5ccccc45)CC3)sc2c1. The number of nitrogens with one attached hydrogen (secondary N) is 1. The summed E-state index contributed by atoms with van der Waals surface area (Å²) in [5.41, 5.74) is 4.29. The number of carbonyl (C=O) groups is 1. The molecule has 0 bridgehead atoms. The number of ether oxygens (including phenoxy) is 1. The third kappa shape index (κ3) is 5.05. The summed E-state index contributed by atoms with van der Waals surface area (Å²) < 4.78 is 6.49. The first-order chi connectivity index (χ1) is 18.7. The lowest BCUT2D eigenvalue weighted by Crippen LogP contribution is -2.48. The summed E-state index contributed by atoms with van der Waals surface area (Å²) in [6.45, 7) is 5.11. The summed E-state index contributed by atoms with van der Waals surface area (Å²) in [5.74, 6) is 0.792. The Labute approximate surface area is 225 Å². The number of carbonyl (C=O) groups excluding carboxylic acids is 1. The minimum absolute atomic E-state index is 0.0654. The van der Waals surface area contributed by atoms with Crippen LogP contribution in [-0.2, 0) is 0 Å². The summed E-state index contributed by atoms with van der Waals surface area (Å²) in [5, 5.41) is 5.07. The molecular formula is C30H29N5O2S. The maximum atomic E-state index is 13.3. The first-order valence-electron chi connectivity index (χ1n) is 12.8. The van der Waals surface area contributed by atoms with Crippen LogP contribution >= 0.6 is 11.3 Å². The van der Waals surface area contributed by atoms with Gasteiger partial charge >= 0.3 is 0 Å². The third-order valence-corrected chi connectivity index (χ3v) is 8.05. The number of methoxy groups -OCH3 is 1. The van der Waals surface area contributed by atoms with Crippen LogP contribution in [0, 0.1) is 0 Å². The van der Waals surface area contributed by atoms with Gasteiger partial charge in [-0.25, -0.2) is 9.97 Å². The maximum Gasteiger partial charge on any atom is 0.252 e. The quantitative estimate of drug-likeness (QED) is 0.321. The van der Waals surface area contributed by atoms with Crippen LogP contribution < -0.4 is 15.0 Å². The molecule has 7 nitrogen and oxygen atoms in total. The van der Waals surface area contributed by atoms with E-state index in [0.717, 1.165) is 76.0 Å². The first-order valence-corrected chi connectivity index (χ1v) is 13.6. The number of pyridine rings is 1. The maximum absolute atomic E-state index is 13.3. The fourth-order valence-corrected chi connectivity index (χ4v) is 5.91. The van der Waals surface area contributed by atoms with E-state index in [0.29, 0.717) is 12.1 Å². The Morgan fingerprint density at radius 2 is 1.71 bits per heavy atom. The summed E-state index contributed by atoms with van der Waals surface area (Å²) in [6.07, 6.45) is 0. The topological polar surface area (TPSA) is 70.6 Å². The van der Waals surface area contributed by atoms with Crippen molar-refractivity contribution in [2.75, 3.05) is 51.3 Å². The Morgan fingerprint density at radius 1 is 0.921 bits per heavy atom. The van der Waals surface area contributed by atoms with Crippen molar-refractivity contribution in [2.24, 2.45) is 0 Å². The van der Waals surface area contributed by atoms with Crippen molar-refractivity contribution >= 4 is 43.5 Å². The predicted octanol–water partition coefficient (Wildman–Crippen LogP) is 5.07. The Balaban J connectivity index is 1.07. The van der Waals surface area contributed by atoms with Crippen LogP contribution in [-0.4, -0.2) is 67.2 Å². The highest BCUT2D eigenvalue weighted by molar-refractivity contribution is 7.22. The van der Waals surface area contributed by atoms with Crippen molar-refractivity contribution in [3.05, 3.63) is 84.4 Å². The lowest BCUT2D eigenvalue weighted by molar-refractivity contribution is 0.0949. The third-order valence-electron chi connectivity index (χ3n) is 6.97. The molecule has 8 heteroatoms. The molecule has 38 heavy (non-hydrogen) atoms. The molecule has 1 aliphatic rings. The summed E-state index contributed by atoms with van der Waals surface area (Å²) in [7, 11) is 1.69. The number of thiazole rings is 1. The summed E-state index contributed by atoms with van der Waals surface area (Å²) in [6, 6.07) is 25.7. The average molecular weight is 524 g/mol. The van der Waals surface area contributed by atoms with Crippen LogP contribution in [0.15, 0.2) is 78.9 Å². The number of aromatic nitrogens is 2. The van der Waals surface area contributed by atoms with Crippen molar-refractivity contribution in [3.63, 3.8) is 0 Å². The molecule has 0 unspecified atom stereocenters. The lowest BCUT2D eigenvalue weighted by atomic mass is 10.0. The molecule has 1 saturated heterocycles. The van der Waals surface area contributed by atoms with Gasteiger partial charge in [0.15, 0.2) is 5.13 Å². The number of hydrogen-bond donors (Lipinski definition) is 1. The Hall–Kier alpha value is -4.01. The van der Waals surface area contributed by atoms with Gasteiger partial charge < -0.3 is 15.0 Å². The molecule has 0 atom stereocenters. The molecule has 0 saturated carbocycles. The van der Waals surface area contributed by atoms with E-state index in [9.17, 15) is 4.79 Å². The van der Waals surface area contributed by atoms with Gasteiger partial charge in [0.2, 0.25) is 0 Å². The Morgan fingerprint density at radius 3 is 2.53 bits per heavy atom.